The van der Waals surface area contributed by atoms with Crippen LogP contribution in [0.2, 0.25) is 5.02 Å². The summed E-state index contributed by atoms with van der Waals surface area (Å²) in [6, 6.07) is 19.2. The minimum atomic E-state index is -0.00481. The van der Waals surface area contributed by atoms with Crippen LogP contribution in [0.15, 0.2) is 79.3 Å². The Bertz CT molecular complexity index is 1150. The topological polar surface area (TPSA) is 56.0 Å². The number of imidazole rings is 1. The molecule has 2 aromatic heterocycles. The van der Waals surface area contributed by atoms with Crippen LogP contribution < -0.4 is 4.90 Å². The smallest absolute Gasteiger partial charge is 0.229 e. The molecule has 4 aromatic rings. The zero-order valence-corrected chi connectivity index (χ0v) is 16.3. The minimum absolute atomic E-state index is 0.00481. The van der Waals surface area contributed by atoms with Gasteiger partial charge in [0.1, 0.15) is 5.69 Å². The van der Waals surface area contributed by atoms with E-state index in [0.717, 1.165) is 22.9 Å². The van der Waals surface area contributed by atoms with E-state index in [-0.39, 0.29) is 11.9 Å². The summed E-state index contributed by atoms with van der Waals surface area (Å²) in [4.78, 5) is 19.1. The van der Waals surface area contributed by atoms with E-state index < -0.39 is 0 Å². The largest absolute Gasteiger partial charge is 0.324 e. The van der Waals surface area contributed by atoms with Gasteiger partial charge in [0.05, 0.1) is 17.9 Å². The Labute approximate surface area is 173 Å². The molecule has 1 amide bonds. The Hall–Kier alpha value is -3.38. The van der Waals surface area contributed by atoms with Gasteiger partial charge >= 0.3 is 0 Å². The lowest BCUT2D eigenvalue weighted by Gasteiger charge is -2.18. The van der Waals surface area contributed by atoms with Crippen molar-refractivity contribution < 1.29 is 4.79 Å². The summed E-state index contributed by atoms with van der Waals surface area (Å²) < 4.78 is 3.94. The molecule has 0 saturated carbocycles. The first-order chi connectivity index (χ1) is 14.2. The number of para-hydroxylation sites is 1. The second-order valence-electron chi connectivity index (χ2n) is 6.96. The number of amides is 1. The molecule has 1 aliphatic heterocycles. The number of rotatable bonds is 4. The number of hydrogen-bond donors (Lipinski definition) is 0. The molecule has 1 atom stereocenters. The highest BCUT2D eigenvalue weighted by Gasteiger charge is 2.33. The molecule has 1 fully saturated rings. The van der Waals surface area contributed by atoms with Gasteiger partial charge in [0.15, 0.2) is 5.82 Å². The Morgan fingerprint density at radius 1 is 0.931 bits per heavy atom. The van der Waals surface area contributed by atoms with E-state index in [4.69, 9.17) is 11.6 Å². The highest BCUT2D eigenvalue weighted by Crippen LogP contribution is 2.32. The van der Waals surface area contributed by atoms with Crippen molar-refractivity contribution >= 4 is 23.2 Å². The molecule has 0 N–H and O–H groups in total. The summed E-state index contributed by atoms with van der Waals surface area (Å²) in [5.74, 6) is 0.885. The molecule has 0 aliphatic carbocycles. The van der Waals surface area contributed by atoms with Crippen LogP contribution in [-0.4, -0.2) is 31.8 Å². The quantitative estimate of drug-likeness (QED) is 0.508. The first kappa shape index (κ1) is 17.7. The van der Waals surface area contributed by atoms with Crippen molar-refractivity contribution in [3.8, 4) is 17.2 Å². The molecule has 5 rings (SSSR count). The fraction of sp³-hybridized carbons (Fsp3) is 0.136. The van der Waals surface area contributed by atoms with Gasteiger partial charge in [-0.15, -0.1) is 0 Å². The monoisotopic (exact) mass is 403 g/mol. The number of halogens is 1. The molecule has 0 bridgehead atoms. The normalized spacial score (nSPS) is 16.5. The molecule has 3 heterocycles. The first-order valence-electron chi connectivity index (χ1n) is 9.39. The van der Waals surface area contributed by atoms with Gasteiger partial charge in [0.25, 0.3) is 0 Å². The third kappa shape index (κ3) is 3.21. The third-order valence-electron chi connectivity index (χ3n) is 5.18. The van der Waals surface area contributed by atoms with Gasteiger partial charge in [-0.2, -0.15) is 5.10 Å². The van der Waals surface area contributed by atoms with E-state index in [1.807, 2.05) is 59.4 Å². The number of anilines is 1. The van der Waals surface area contributed by atoms with Crippen LogP contribution in [0.4, 0.5) is 5.69 Å². The summed E-state index contributed by atoms with van der Waals surface area (Å²) in [7, 11) is 0. The van der Waals surface area contributed by atoms with Crippen molar-refractivity contribution in [1.82, 2.24) is 19.3 Å². The van der Waals surface area contributed by atoms with Crippen molar-refractivity contribution in [2.75, 3.05) is 11.4 Å². The van der Waals surface area contributed by atoms with Crippen molar-refractivity contribution in [2.45, 2.75) is 12.5 Å². The van der Waals surface area contributed by atoms with Crippen molar-refractivity contribution in [3.05, 3.63) is 84.3 Å². The number of aromatic nitrogens is 4. The van der Waals surface area contributed by atoms with Crippen LogP contribution in [0, 0.1) is 0 Å². The number of nitrogens with zero attached hydrogens (tertiary/aromatic N) is 5. The molecule has 144 valence electrons. The third-order valence-corrected chi connectivity index (χ3v) is 5.43. The van der Waals surface area contributed by atoms with Crippen LogP contribution in [0.1, 0.15) is 12.5 Å². The lowest BCUT2D eigenvalue weighted by atomic mass is 10.2. The van der Waals surface area contributed by atoms with Gasteiger partial charge in [-0.1, -0.05) is 29.8 Å². The second-order valence-corrected chi connectivity index (χ2v) is 7.40. The molecule has 2 aromatic carbocycles. The van der Waals surface area contributed by atoms with Crippen molar-refractivity contribution in [1.29, 1.82) is 0 Å². The van der Waals surface area contributed by atoms with E-state index in [1.54, 1.807) is 29.4 Å². The Balaban J connectivity index is 1.47. The van der Waals surface area contributed by atoms with Crippen LogP contribution in [0.3, 0.4) is 0 Å². The second kappa shape index (κ2) is 7.22. The zero-order valence-electron chi connectivity index (χ0n) is 15.5. The number of benzene rings is 2. The van der Waals surface area contributed by atoms with E-state index in [2.05, 4.69) is 14.6 Å². The molecule has 29 heavy (non-hydrogen) atoms. The average Bonchev–Trinajstić information content (AvgIpc) is 3.48. The molecule has 6 nitrogen and oxygen atoms in total. The summed E-state index contributed by atoms with van der Waals surface area (Å²) >= 11 is 5.98. The number of carbonyl (C=O) groups is 1. The lowest BCUT2D eigenvalue weighted by Crippen LogP contribution is -2.24. The van der Waals surface area contributed by atoms with Crippen LogP contribution in [0.5, 0.6) is 0 Å². The molecule has 7 heteroatoms. The summed E-state index contributed by atoms with van der Waals surface area (Å²) in [6.07, 6.45) is 5.89. The predicted octanol–water partition coefficient (Wildman–Crippen LogP) is 4.37. The van der Waals surface area contributed by atoms with E-state index in [1.165, 1.54) is 0 Å². The highest BCUT2D eigenvalue weighted by atomic mass is 35.5. The zero-order chi connectivity index (χ0) is 19.8. The van der Waals surface area contributed by atoms with E-state index in [0.29, 0.717) is 18.0 Å². The Morgan fingerprint density at radius 2 is 1.72 bits per heavy atom. The first-order valence-corrected chi connectivity index (χ1v) is 9.77. The molecule has 1 unspecified atom stereocenters. The van der Waals surface area contributed by atoms with Crippen LogP contribution in [0.25, 0.3) is 17.2 Å². The maximum absolute atomic E-state index is 12.7. The Kier molecular flexibility index (Phi) is 4.41. The number of carbonyl (C=O) groups excluding carboxylic acids is 1. The van der Waals surface area contributed by atoms with Gasteiger partial charge in [-0.3, -0.25) is 4.79 Å². The predicted molar refractivity (Wildman–Crippen MR) is 112 cm³/mol. The molecule has 0 radical (unpaired) electrons. The molecule has 1 saturated heterocycles. The Morgan fingerprint density at radius 3 is 2.52 bits per heavy atom. The van der Waals surface area contributed by atoms with Gasteiger partial charge in [-0.25, -0.2) is 9.67 Å². The van der Waals surface area contributed by atoms with Gasteiger partial charge in [-0.05, 0) is 42.5 Å². The molecule has 0 spiro atoms. The SMILES string of the molecule is O=C1CC(n2ccnc2-c2ccnn2-c2ccccc2)CN1c1ccc(Cl)cc1. The maximum Gasteiger partial charge on any atom is 0.229 e. The average molecular weight is 404 g/mol. The van der Waals surface area contributed by atoms with E-state index in [9.17, 15) is 4.79 Å². The van der Waals surface area contributed by atoms with Crippen LogP contribution in [-0.2, 0) is 4.79 Å². The number of hydrogen-bond acceptors (Lipinski definition) is 3. The molecular formula is C22H18ClN5O. The van der Waals surface area contributed by atoms with E-state index >= 15 is 0 Å². The molecule has 1 aliphatic rings. The highest BCUT2D eigenvalue weighted by molar-refractivity contribution is 6.30. The van der Waals surface area contributed by atoms with Gasteiger partial charge < -0.3 is 9.47 Å². The van der Waals surface area contributed by atoms with Gasteiger partial charge in [0, 0.05) is 36.1 Å². The minimum Gasteiger partial charge on any atom is -0.324 e. The lowest BCUT2D eigenvalue weighted by molar-refractivity contribution is -0.117. The maximum atomic E-state index is 12.7. The fourth-order valence-electron chi connectivity index (χ4n) is 3.80. The standard InChI is InChI=1S/C22H18ClN5O/c23-16-6-8-17(9-7-16)27-15-19(14-21(27)29)26-13-12-24-22(26)20-10-11-25-28(20)18-4-2-1-3-5-18/h1-13,19H,14-15H2. The summed E-state index contributed by atoms with van der Waals surface area (Å²) in [5.41, 5.74) is 2.71. The molecular weight excluding hydrogens is 386 g/mol. The van der Waals surface area contributed by atoms with Crippen molar-refractivity contribution in [2.24, 2.45) is 0 Å². The van der Waals surface area contributed by atoms with Gasteiger partial charge in [0.2, 0.25) is 5.91 Å². The fourth-order valence-corrected chi connectivity index (χ4v) is 3.93. The summed E-state index contributed by atoms with van der Waals surface area (Å²) in [6.45, 7) is 0.587. The van der Waals surface area contributed by atoms with Crippen molar-refractivity contribution in [3.63, 3.8) is 0 Å². The van der Waals surface area contributed by atoms with Crippen LogP contribution >= 0.6 is 11.6 Å². The summed E-state index contributed by atoms with van der Waals surface area (Å²) in [5, 5.41) is 5.12.